The molecule has 88 valence electrons. The molecule has 1 aromatic rings. The Hall–Kier alpha value is -1.06. The van der Waals surface area contributed by atoms with Crippen molar-refractivity contribution in [1.82, 2.24) is 0 Å². The Morgan fingerprint density at radius 2 is 2.19 bits per heavy atom. The molecular weight excluding hydrogens is 228 g/mol. The number of ketones is 1. The highest BCUT2D eigenvalue weighted by Gasteiger charge is 2.19. The highest BCUT2D eigenvalue weighted by molar-refractivity contribution is 6.31. The fraction of sp³-hybridized carbons (Fsp3) is 0.417. The second-order valence-electron chi connectivity index (χ2n) is 3.31. The van der Waals surface area contributed by atoms with Gasteiger partial charge in [-0.2, -0.15) is 0 Å². The SMILES string of the molecule is CCOC(C)C(=O)c1cc(Cl)ccc1OC. The summed E-state index contributed by atoms with van der Waals surface area (Å²) < 4.78 is 10.4. The number of carbonyl (C=O) groups excluding carboxylic acids is 1. The quantitative estimate of drug-likeness (QED) is 0.745. The van der Waals surface area contributed by atoms with Gasteiger partial charge in [0.2, 0.25) is 0 Å². The van der Waals surface area contributed by atoms with Crippen LogP contribution in [-0.2, 0) is 4.74 Å². The first-order valence-corrected chi connectivity index (χ1v) is 5.47. The maximum absolute atomic E-state index is 12.0. The van der Waals surface area contributed by atoms with E-state index in [-0.39, 0.29) is 5.78 Å². The number of rotatable bonds is 5. The molecule has 0 N–H and O–H groups in total. The number of benzene rings is 1. The summed E-state index contributed by atoms with van der Waals surface area (Å²) in [4.78, 5) is 12.0. The summed E-state index contributed by atoms with van der Waals surface area (Å²) in [5, 5.41) is 0.507. The van der Waals surface area contributed by atoms with Crippen molar-refractivity contribution < 1.29 is 14.3 Å². The fourth-order valence-electron chi connectivity index (χ4n) is 1.42. The molecule has 0 aliphatic heterocycles. The van der Waals surface area contributed by atoms with E-state index in [0.717, 1.165) is 0 Å². The molecule has 1 aromatic carbocycles. The van der Waals surface area contributed by atoms with Gasteiger partial charge < -0.3 is 9.47 Å². The number of Topliss-reactive ketones (excluding diaryl/α,β-unsaturated/α-hetero) is 1. The maximum atomic E-state index is 12.0. The number of hydrogen-bond acceptors (Lipinski definition) is 3. The largest absolute Gasteiger partial charge is 0.496 e. The van der Waals surface area contributed by atoms with Gasteiger partial charge in [0.05, 0.1) is 12.7 Å². The smallest absolute Gasteiger partial charge is 0.195 e. The van der Waals surface area contributed by atoms with E-state index in [0.29, 0.717) is 22.9 Å². The summed E-state index contributed by atoms with van der Waals surface area (Å²) in [6, 6.07) is 4.95. The van der Waals surface area contributed by atoms with Gasteiger partial charge in [0.1, 0.15) is 11.9 Å². The number of ether oxygens (including phenoxy) is 2. The van der Waals surface area contributed by atoms with Crippen LogP contribution in [0.25, 0.3) is 0 Å². The molecule has 1 atom stereocenters. The zero-order valence-electron chi connectivity index (χ0n) is 9.62. The van der Waals surface area contributed by atoms with Crippen LogP contribution in [0, 0.1) is 0 Å². The van der Waals surface area contributed by atoms with Crippen LogP contribution in [0.1, 0.15) is 24.2 Å². The molecule has 0 radical (unpaired) electrons. The van der Waals surface area contributed by atoms with Crippen molar-refractivity contribution in [3.8, 4) is 5.75 Å². The van der Waals surface area contributed by atoms with Crippen LogP contribution in [-0.4, -0.2) is 25.6 Å². The van der Waals surface area contributed by atoms with Crippen molar-refractivity contribution in [3.05, 3.63) is 28.8 Å². The lowest BCUT2D eigenvalue weighted by atomic mass is 10.1. The van der Waals surface area contributed by atoms with Gasteiger partial charge in [-0.3, -0.25) is 4.79 Å². The average molecular weight is 243 g/mol. The first-order chi connectivity index (χ1) is 7.60. The van der Waals surface area contributed by atoms with E-state index < -0.39 is 6.10 Å². The second-order valence-corrected chi connectivity index (χ2v) is 3.74. The summed E-state index contributed by atoms with van der Waals surface area (Å²) in [6.07, 6.45) is -0.489. The molecule has 1 rings (SSSR count). The fourth-order valence-corrected chi connectivity index (χ4v) is 1.59. The first kappa shape index (κ1) is 13.0. The molecule has 0 spiro atoms. The van der Waals surface area contributed by atoms with E-state index in [1.807, 2.05) is 6.92 Å². The van der Waals surface area contributed by atoms with E-state index in [1.165, 1.54) is 7.11 Å². The summed E-state index contributed by atoms with van der Waals surface area (Å²) >= 11 is 5.85. The van der Waals surface area contributed by atoms with E-state index in [9.17, 15) is 4.79 Å². The molecule has 16 heavy (non-hydrogen) atoms. The Labute approximate surface area is 100 Å². The maximum Gasteiger partial charge on any atom is 0.195 e. The molecule has 0 aliphatic rings. The van der Waals surface area contributed by atoms with Crippen LogP contribution in [0.15, 0.2) is 18.2 Å². The molecule has 3 nitrogen and oxygen atoms in total. The lowest BCUT2D eigenvalue weighted by Gasteiger charge is -2.13. The van der Waals surface area contributed by atoms with Crippen LogP contribution in [0.5, 0.6) is 5.75 Å². The van der Waals surface area contributed by atoms with Gasteiger partial charge in [-0.25, -0.2) is 0 Å². The minimum Gasteiger partial charge on any atom is -0.496 e. The van der Waals surface area contributed by atoms with Crippen molar-refractivity contribution >= 4 is 17.4 Å². The third-order valence-corrected chi connectivity index (χ3v) is 2.45. The molecule has 0 amide bonds. The van der Waals surface area contributed by atoms with Gasteiger partial charge in [-0.05, 0) is 32.0 Å². The van der Waals surface area contributed by atoms with Gasteiger partial charge in [0, 0.05) is 11.6 Å². The molecule has 0 saturated carbocycles. The predicted octanol–water partition coefficient (Wildman–Crippen LogP) is 2.96. The van der Waals surface area contributed by atoms with Crippen molar-refractivity contribution in [3.63, 3.8) is 0 Å². The Bertz CT molecular complexity index is 377. The zero-order valence-corrected chi connectivity index (χ0v) is 10.4. The van der Waals surface area contributed by atoms with E-state index in [1.54, 1.807) is 25.1 Å². The second kappa shape index (κ2) is 5.87. The number of methoxy groups -OCH3 is 1. The number of halogens is 1. The summed E-state index contributed by atoms with van der Waals surface area (Å²) in [6.45, 7) is 4.06. The van der Waals surface area contributed by atoms with Gasteiger partial charge in [0.15, 0.2) is 5.78 Å². The van der Waals surface area contributed by atoms with Crippen LogP contribution >= 0.6 is 11.6 Å². The van der Waals surface area contributed by atoms with Crippen LogP contribution < -0.4 is 4.74 Å². The van der Waals surface area contributed by atoms with E-state index >= 15 is 0 Å². The minimum atomic E-state index is -0.489. The topological polar surface area (TPSA) is 35.5 Å². The molecule has 0 heterocycles. The van der Waals surface area contributed by atoms with Crippen molar-refractivity contribution in [2.45, 2.75) is 20.0 Å². The third kappa shape index (κ3) is 2.97. The van der Waals surface area contributed by atoms with Crippen LogP contribution in [0.3, 0.4) is 0 Å². The molecule has 0 aliphatic carbocycles. The summed E-state index contributed by atoms with van der Waals surface area (Å²) in [7, 11) is 1.52. The highest BCUT2D eigenvalue weighted by atomic mass is 35.5. The van der Waals surface area contributed by atoms with Gasteiger partial charge in [0.25, 0.3) is 0 Å². The van der Waals surface area contributed by atoms with E-state index in [4.69, 9.17) is 21.1 Å². The van der Waals surface area contributed by atoms with Crippen LogP contribution in [0.2, 0.25) is 5.02 Å². The Balaban J connectivity index is 3.01. The van der Waals surface area contributed by atoms with Crippen LogP contribution in [0.4, 0.5) is 0 Å². The van der Waals surface area contributed by atoms with Gasteiger partial charge in [-0.1, -0.05) is 11.6 Å². The predicted molar refractivity (Wildman–Crippen MR) is 63.4 cm³/mol. The minimum absolute atomic E-state index is 0.124. The first-order valence-electron chi connectivity index (χ1n) is 5.09. The van der Waals surface area contributed by atoms with Crippen molar-refractivity contribution in [1.29, 1.82) is 0 Å². The van der Waals surface area contributed by atoms with Gasteiger partial charge in [-0.15, -0.1) is 0 Å². The van der Waals surface area contributed by atoms with E-state index in [2.05, 4.69) is 0 Å². The Morgan fingerprint density at radius 1 is 1.50 bits per heavy atom. The molecular formula is C12H15ClO3. The average Bonchev–Trinajstić information content (AvgIpc) is 2.28. The normalized spacial score (nSPS) is 12.2. The van der Waals surface area contributed by atoms with Gasteiger partial charge >= 0.3 is 0 Å². The molecule has 4 heteroatoms. The third-order valence-electron chi connectivity index (χ3n) is 2.21. The molecule has 0 fully saturated rings. The summed E-state index contributed by atoms with van der Waals surface area (Å²) in [5.41, 5.74) is 0.455. The Kier molecular flexibility index (Phi) is 4.77. The molecule has 0 saturated heterocycles. The van der Waals surface area contributed by atoms with Crippen molar-refractivity contribution in [2.75, 3.05) is 13.7 Å². The Morgan fingerprint density at radius 3 is 2.75 bits per heavy atom. The standard InChI is InChI=1S/C12H15ClO3/c1-4-16-8(2)12(14)10-7-9(13)5-6-11(10)15-3/h5-8H,4H2,1-3H3. The monoisotopic (exact) mass is 242 g/mol. The molecule has 1 unspecified atom stereocenters. The zero-order chi connectivity index (χ0) is 12.1. The number of carbonyl (C=O) groups is 1. The molecule has 0 bridgehead atoms. The molecule has 0 aromatic heterocycles. The summed E-state index contributed by atoms with van der Waals surface area (Å²) in [5.74, 6) is 0.391. The lowest BCUT2D eigenvalue weighted by molar-refractivity contribution is 0.0518. The van der Waals surface area contributed by atoms with Crippen molar-refractivity contribution in [2.24, 2.45) is 0 Å². The highest BCUT2D eigenvalue weighted by Crippen LogP contribution is 2.24. The lowest BCUT2D eigenvalue weighted by Crippen LogP contribution is -2.21. The number of hydrogen-bond donors (Lipinski definition) is 0.